The summed E-state index contributed by atoms with van der Waals surface area (Å²) in [5.74, 6) is 0. The molecular weight excluding hydrogens is 213 g/mol. The summed E-state index contributed by atoms with van der Waals surface area (Å²) in [6.07, 6.45) is 0. The van der Waals surface area contributed by atoms with Crippen LogP contribution in [0, 0.1) is 11.3 Å². The molecule has 62 valence electrons. The van der Waals surface area contributed by atoms with Crippen molar-refractivity contribution in [2.24, 2.45) is 0 Å². The summed E-state index contributed by atoms with van der Waals surface area (Å²) in [5, 5.41) is 8.75. The highest BCUT2D eigenvalue weighted by Gasteiger charge is 2.29. The second-order valence-electron chi connectivity index (χ2n) is 2.15. The lowest BCUT2D eigenvalue weighted by Crippen LogP contribution is -2.08. The quantitative estimate of drug-likeness (QED) is 0.709. The Balaban J connectivity index is 3.06. The van der Waals surface area contributed by atoms with Crippen LogP contribution in [0.3, 0.4) is 0 Å². The Morgan fingerprint density at radius 3 is 2.33 bits per heavy atom. The molecule has 0 aliphatic rings. The summed E-state index contributed by atoms with van der Waals surface area (Å²) in [7, 11) is 6.31. The first-order valence-corrected chi connectivity index (χ1v) is 5.20. The number of hydrogen-bond acceptors (Lipinski definition) is 2. The van der Waals surface area contributed by atoms with Crippen molar-refractivity contribution in [2.75, 3.05) is 0 Å². The van der Waals surface area contributed by atoms with Crippen molar-refractivity contribution in [3.8, 4) is 6.07 Å². The lowest BCUT2D eigenvalue weighted by Gasteiger charge is -2.13. The van der Waals surface area contributed by atoms with E-state index in [-0.39, 0.29) is 0 Å². The summed E-state index contributed by atoms with van der Waals surface area (Å²) in [6, 6.07) is 11.0. The van der Waals surface area contributed by atoms with Gasteiger partial charge in [0.05, 0.1) is 0 Å². The van der Waals surface area contributed by atoms with Crippen molar-refractivity contribution in [3.05, 3.63) is 35.9 Å². The van der Waals surface area contributed by atoms with Crippen molar-refractivity contribution < 1.29 is 0 Å². The minimum absolute atomic E-state index is 0.703. The van der Waals surface area contributed by atoms with Crippen molar-refractivity contribution in [3.63, 3.8) is 0 Å². The van der Waals surface area contributed by atoms with Crippen molar-refractivity contribution >= 4 is 33.3 Å². The Kier molecular flexibility index (Phi) is 3.28. The lowest BCUT2D eigenvalue weighted by molar-refractivity contribution is 1.14. The smallest absolute Gasteiger partial charge is 0.195 e. The molecule has 0 N–H and O–H groups in total. The summed E-state index contributed by atoms with van der Waals surface area (Å²) in [4.78, 5) is 0. The minimum atomic E-state index is -1.16. The van der Waals surface area contributed by atoms with Gasteiger partial charge in [0.1, 0.15) is 6.07 Å². The molecule has 12 heavy (non-hydrogen) atoms. The zero-order valence-electron chi connectivity index (χ0n) is 6.00. The standard InChI is InChI=1S/C8H5Cl2NS/c9-8(6-11,12-10)7-4-2-1-3-5-7/h1-5H. The maximum Gasteiger partial charge on any atom is 0.215 e. The van der Waals surface area contributed by atoms with Crippen LogP contribution in [0.15, 0.2) is 30.3 Å². The average molecular weight is 218 g/mol. The highest BCUT2D eigenvalue weighted by atomic mass is 35.7. The number of nitrogens with zero attached hydrogens (tertiary/aromatic N) is 1. The molecule has 0 radical (unpaired) electrons. The molecule has 1 atom stereocenters. The first-order valence-electron chi connectivity index (χ1n) is 3.18. The third-order valence-electron chi connectivity index (χ3n) is 1.40. The van der Waals surface area contributed by atoms with E-state index >= 15 is 0 Å². The van der Waals surface area contributed by atoms with E-state index in [9.17, 15) is 0 Å². The Morgan fingerprint density at radius 1 is 1.33 bits per heavy atom. The molecule has 0 aliphatic heterocycles. The molecule has 0 aromatic heterocycles. The summed E-state index contributed by atoms with van der Waals surface area (Å²) < 4.78 is -1.16. The van der Waals surface area contributed by atoms with Gasteiger partial charge in [-0.05, 0) is 27.2 Å². The van der Waals surface area contributed by atoms with E-state index in [4.69, 9.17) is 27.5 Å². The molecule has 1 aromatic rings. The van der Waals surface area contributed by atoms with Crippen LogP contribution in [0.2, 0.25) is 0 Å². The number of nitriles is 1. The van der Waals surface area contributed by atoms with Gasteiger partial charge in [0.25, 0.3) is 0 Å². The predicted octanol–water partition coefficient (Wildman–Crippen LogP) is 3.49. The molecule has 1 rings (SSSR count). The SMILES string of the molecule is N#CC(Cl)(SCl)c1ccccc1. The fourth-order valence-corrected chi connectivity index (χ4v) is 1.54. The molecule has 4 heteroatoms. The van der Waals surface area contributed by atoms with Gasteiger partial charge in [-0.3, -0.25) is 0 Å². The van der Waals surface area contributed by atoms with E-state index in [1.54, 1.807) is 12.1 Å². The van der Waals surface area contributed by atoms with Crippen LogP contribution >= 0.6 is 33.3 Å². The van der Waals surface area contributed by atoms with E-state index in [0.29, 0.717) is 5.56 Å². The van der Waals surface area contributed by atoms with Crippen molar-refractivity contribution in [2.45, 2.75) is 4.21 Å². The van der Waals surface area contributed by atoms with Crippen LogP contribution in [-0.4, -0.2) is 0 Å². The molecule has 0 fully saturated rings. The van der Waals surface area contributed by atoms with Gasteiger partial charge in [-0.1, -0.05) is 41.9 Å². The van der Waals surface area contributed by atoms with E-state index in [1.165, 1.54) is 0 Å². The van der Waals surface area contributed by atoms with Crippen LogP contribution in [0.5, 0.6) is 0 Å². The van der Waals surface area contributed by atoms with E-state index < -0.39 is 4.21 Å². The number of alkyl halides is 1. The van der Waals surface area contributed by atoms with Gasteiger partial charge in [-0.15, -0.1) is 0 Å². The minimum Gasteiger partial charge on any atom is -0.195 e. The topological polar surface area (TPSA) is 23.8 Å². The second-order valence-corrected chi connectivity index (χ2v) is 4.17. The van der Waals surface area contributed by atoms with E-state index in [0.717, 1.165) is 11.0 Å². The molecule has 0 saturated heterocycles. The summed E-state index contributed by atoms with van der Waals surface area (Å²) in [6.45, 7) is 0. The molecule has 0 heterocycles. The largest absolute Gasteiger partial charge is 0.215 e. The van der Waals surface area contributed by atoms with Crippen LogP contribution < -0.4 is 0 Å². The molecule has 0 bridgehead atoms. The van der Waals surface area contributed by atoms with Crippen LogP contribution in [0.25, 0.3) is 0 Å². The zero-order chi connectivity index (χ0) is 9.03. The third-order valence-corrected chi connectivity index (χ3v) is 3.40. The van der Waals surface area contributed by atoms with Gasteiger partial charge in [0.2, 0.25) is 4.21 Å². The zero-order valence-corrected chi connectivity index (χ0v) is 8.33. The van der Waals surface area contributed by atoms with Crippen molar-refractivity contribution in [1.29, 1.82) is 5.26 Å². The van der Waals surface area contributed by atoms with Gasteiger partial charge >= 0.3 is 0 Å². The molecular formula is C8H5Cl2NS. The monoisotopic (exact) mass is 217 g/mol. The van der Waals surface area contributed by atoms with Gasteiger partial charge in [0.15, 0.2) is 0 Å². The number of benzene rings is 1. The molecule has 1 aromatic carbocycles. The molecule has 1 nitrogen and oxygen atoms in total. The summed E-state index contributed by atoms with van der Waals surface area (Å²) >= 11 is 5.90. The van der Waals surface area contributed by atoms with Crippen LogP contribution in [0.4, 0.5) is 0 Å². The molecule has 0 saturated carbocycles. The second kappa shape index (κ2) is 4.04. The Labute approximate surface area is 84.8 Å². The first-order chi connectivity index (χ1) is 5.73. The Hall–Kier alpha value is -0.360. The highest BCUT2D eigenvalue weighted by Crippen LogP contribution is 2.42. The summed E-state index contributed by atoms with van der Waals surface area (Å²) in [5.41, 5.74) is 0.703. The Morgan fingerprint density at radius 2 is 1.92 bits per heavy atom. The predicted molar refractivity (Wildman–Crippen MR) is 53.0 cm³/mol. The fourth-order valence-electron chi connectivity index (χ4n) is 0.779. The highest BCUT2D eigenvalue weighted by molar-refractivity contribution is 8.22. The molecule has 1 unspecified atom stereocenters. The first kappa shape index (κ1) is 9.73. The molecule has 0 aliphatic carbocycles. The van der Waals surface area contributed by atoms with Gasteiger partial charge in [-0.2, -0.15) is 5.26 Å². The number of rotatable bonds is 2. The van der Waals surface area contributed by atoms with Crippen LogP contribution in [-0.2, 0) is 4.21 Å². The third kappa shape index (κ3) is 1.87. The van der Waals surface area contributed by atoms with Crippen molar-refractivity contribution in [1.82, 2.24) is 0 Å². The lowest BCUT2D eigenvalue weighted by atomic mass is 10.1. The Bertz CT molecular complexity index is 296. The van der Waals surface area contributed by atoms with Gasteiger partial charge in [-0.25, -0.2) is 0 Å². The maximum absolute atomic E-state index is 8.75. The maximum atomic E-state index is 8.75. The van der Waals surface area contributed by atoms with Gasteiger partial charge in [0, 0.05) is 0 Å². The number of halogens is 2. The molecule has 0 amide bonds. The van der Waals surface area contributed by atoms with Gasteiger partial charge < -0.3 is 0 Å². The fraction of sp³-hybridized carbons (Fsp3) is 0.125. The average Bonchev–Trinajstić information content (AvgIpc) is 2.18. The normalized spacial score (nSPS) is 14.8. The van der Waals surface area contributed by atoms with E-state index in [1.807, 2.05) is 24.3 Å². The van der Waals surface area contributed by atoms with E-state index in [2.05, 4.69) is 0 Å². The van der Waals surface area contributed by atoms with Crippen LogP contribution in [0.1, 0.15) is 5.56 Å². The number of hydrogen-bond donors (Lipinski definition) is 0. The molecule has 0 spiro atoms.